The van der Waals surface area contributed by atoms with Gasteiger partial charge in [0.1, 0.15) is 0 Å². The normalized spacial score (nSPS) is 11.0. The molecule has 0 heterocycles. The largest absolute Gasteiger partial charge is 0.356 e. The molecule has 0 unspecified atom stereocenters. The number of hydrogen-bond acceptors (Lipinski definition) is 2. The highest BCUT2D eigenvalue weighted by Gasteiger charge is 2.19. The second-order valence-corrected chi connectivity index (χ2v) is 11.0. The van der Waals surface area contributed by atoms with Gasteiger partial charge in [-0.1, -0.05) is 147 Å². The average Bonchev–Trinajstić information content (AvgIpc) is 3.05. The summed E-state index contributed by atoms with van der Waals surface area (Å²) in [7, 11) is 0. The summed E-state index contributed by atoms with van der Waals surface area (Å²) in [6, 6.07) is 41.1. The summed E-state index contributed by atoms with van der Waals surface area (Å²) in [5.41, 5.74) is 4.67. The van der Waals surface area contributed by atoms with E-state index in [1.165, 1.54) is 22.3 Å². The van der Waals surface area contributed by atoms with Crippen LogP contribution in [0.2, 0.25) is 0 Å². The minimum absolute atomic E-state index is 0.0652. The van der Waals surface area contributed by atoms with Crippen LogP contribution in [0.4, 0.5) is 0 Å². The number of benzene rings is 4. The van der Waals surface area contributed by atoms with Crippen molar-refractivity contribution in [1.29, 1.82) is 0 Å². The van der Waals surface area contributed by atoms with Crippen molar-refractivity contribution < 1.29 is 9.59 Å². The van der Waals surface area contributed by atoms with Gasteiger partial charge in [-0.2, -0.15) is 0 Å². The number of amides is 2. The number of carbonyl (C=O) groups excluding carboxylic acids is 2. The Labute approximate surface area is 251 Å². The third kappa shape index (κ3) is 10.3. The van der Waals surface area contributed by atoms with Crippen molar-refractivity contribution in [3.8, 4) is 0 Å². The third-order valence-electron chi connectivity index (χ3n) is 7.83. The molecule has 42 heavy (non-hydrogen) atoms. The van der Waals surface area contributed by atoms with Crippen molar-refractivity contribution in [2.75, 3.05) is 13.1 Å². The van der Waals surface area contributed by atoms with Crippen LogP contribution in [0.1, 0.15) is 85.5 Å². The molecule has 0 spiro atoms. The van der Waals surface area contributed by atoms with Crippen LogP contribution in [0.3, 0.4) is 0 Å². The standard InChI is InChI=1S/C38H44N2O2/c41-37(29-35(31-19-9-5-10-20-31)32-21-11-6-12-22-32)39-27-17-3-1-2-4-18-28-40-38(42)30-36(33-23-13-7-14-24-33)34-25-15-8-16-26-34/h5-16,19-26,35-36H,1-4,17-18,27-30H2,(H,39,41)(H,40,42). The fourth-order valence-electron chi connectivity index (χ4n) is 5.53. The molecule has 0 aliphatic carbocycles. The lowest BCUT2D eigenvalue weighted by molar-refractivity contribution is -0.122. The lowest BCUT2D eigenvalue weighted by Gasteiger charge is -2.18. The van der Waals surface area contributed by atoms with Gasteiger partial charge in [-0.15, -0.1) is 0 Å². The Morgan fingerprint density at radius 2 is 0.667 bits per heavy atom. The summed E-state index contributed by atoms with van der Waals surface area (Å²) in [6.45, 7) is 1.43. The molecule has 0 atom stereocenters. The van der Waals surface area contributed by atoms with Crippen molar-refractivity contribution >= 4 is 11.8 Å². The maximum absolute atomic E-state index is 12.7. The minimum atomic E-state index is 0.0652. The van der Waals surface area contributed by atoms with E-state index in [9.17, 15) is 9.59 Å². The van der Waals surface area contributed by atoms with Crippen LogP contribution in [0, 0.1) is 0 Å². The van der Waals surface area contributed by atoms with E-state index in [0.29, 0.717) is 12.8 Å². The molecule has 4 aromatic rings. The number of hydrogen-bond donors (Lipinski definition) is 2. The van der Waals surface area contributed by atoms with E-state index in [1.54, 1.807) is 0 Å². The van der Waals surface area contributed by atoms with Gasteiger partial charge in [-0.3, -0.25) is 9.59 Å². The van der Waals surface area contributed by atoms with E-state index in [4.69, 9.17) is 0 Å². The van der Waals surface area contributed by atoms with E-state index < -0.39 is 0 Å². The lowest BCUT2D eigenvalue weighted by atomic mass is 9.88. The van der Waals surface area contributed by atoms with E-state index in [1.807, 2.05) is 72.8 Å². The molecule has 0 radical (unpaired) electrons. The predicted molar refractivity (Wildman–Crippen MR) is 172 cm³/mol. The molecule has 0 fully saturated rings. The van der Waals surface area contributed by atoms with Gasteiger partial charge in [0.25, 0.3) is 0 Å². The van der Waals surface area contributed by atoms with Gasteiger partial charge < -0.3 is 10.6 Å². The first-order chi connectivity index (χ1) is 20.7. The molecule has 4 aromatic carbocycles. The lowest BCUT2D eigenvalue weighted by Crippen LogP contribution is -2.26. The Bertz CT molecular complexity index is 1130. The molecule has 0 saturated carbocycles. The fourth-order valence-corrected chi connectivity index (χ4v) is 5.53. The zero-order valence-electron chi connectivity index (χ0n) is 24.6. The first-order valence-electron chi connectivity index (χ1n) is 15.4. The number of nitrogens with one attached hydrogen (secondary N) is 2. The zero-order chi connectivity index (χ0) is 29.2. The van der Waals surface area contributed by atoms with E-state index in [-0.39, 0.29) is 23.7 Å². The van der Waals surface area contributed by atoms with Gasteiger partial charge in [0.05, 0.1) is 0 Å². The zero-order valence-corrected chi connectivity index (χ0v) is 24.6. The summed E-state index contributed by atoms with van der Waals surface area (Å²) in [4.78, 5) is 25.5. The first-order valence-corrected chi connectivity index (χ1v) is 15.4. The van der Waals surface area contributed by atoms with Crippen molar-refractivity contribution in [2.45, 2.75) is 63.2 Å². The fraction of sp³-hybridized carbons (Fsp3) is 0.316. The average molecular weight is 561 g/mol. The topological polar surface area (TPSA) is 58.2 Å². The van der Waals surface area contributed by atoms with Crippen molar-refractivity contribution in [2.24, 2.45) is 0 Å². The minimum Gasteiger partial charge on any atom is -0.356 e. The molecule has 0 saturated heterocycles. The smallest absolute Gasteiger partial charge is 0.220 e. The highest BCUT2D eigenvalue weighted by Crippen LogP contribution is 2.29. The summed E-state index contributed by atoms with van der Waals surface area (Å²) in [6.07, 6.45) is 7.38. The van der Waals surface area contributed by atoms with Gasteiger partial charge in [-0.25, -0.2) is 0 Å². The van der Waals surface area contributed by atoms with Crippen LogP contribution in [-0.4, -0.2) is 24.9 Å². The highest BCUT2D eigenvalue weighted by molar-refractivity contribution is 5.78. The van der Waals surface area contributed by atoms with Crippen LogP contribution in [0.5, 0.6) is 0 Å². The Morgan fingerprint density at radius 3 is 0.952 bits per heavy atom. The molecule has 0 aliphatic heterocycles. The van der Waals surface area contributed by atoms with Gasteiger partial charge in [0.2, 0.25) is 11.8 Å². The molecule has 4 heteroatoms. The molecular formula is C38H44N2O2. The molecular weight excluding hydrogens is 516 g/mol. The second kappa shape index (κ2) is 17.6. The third-order valence-corrected chi connectivity index (χ3v) is 7.83. The molecule has 0 aromatic heterocycles. The molecule has 2 N–H and O–H groups in total. The van der Waals surface area contributed by atoms with Gasteiger partial charge in [-0.05, 0) is 35.1 Å². The predicted octanol–water partition coefficient (Wildman–Crippen LogP) is 8.00. The molecule has 0 aliphatic rings. The van der Waals surface area contributed by atoms with Crippen LogP contribution in [0.25, 0.3) is 0 Å². The molecule has 2 amide bonds. The Kier molecular flexibility index (Phi) is 12.9. The maximum atomic E-state index is 12.7. The van der Waals surface area contributed by atoms with Crippen LogP contribution in [-0.2, 0) is 9.59 Å². The first kappa shape index (κ1) is 30.8. The Balaban J connectivity index is 1.07. The van der Waals surface area contributed by atoms with E-state index in [2.05, 4.69) is 59.2 Å². The summed E-state index contributed by atoms with van der Waals surface area (Å²) < 4.78 is 0. The molecule has 0 bridgehead atoms. The monoisotopic (exact) mass is 560 g/mol. The van der Waals surface area contributed by atoms with Gasteiger partial charge >= 0.3 is 0 Å². The SMILES string of the molecule is O=C(CC(c1ccccc1)c1ccccc1)NCCCCCCCCNC(=O)CC(c1ccccc1)c1ccccc1. The molecule has 4 nitrogen and oxygen atoms in total. The highest BCUT2D eigenvalue weighted by atomic mass is 16.2. The second-order valence-electron chi connectivity index (χ2n) is 11.0. The summed E-state index contributed by atoms with van der Waals surface area (Å²) in [5, 5.41) is 6.26. The van der Waals surface area contributed by atoms with Crippen molar-refractivity contribution in [3.63, 3.8) is 0 Å². The van der Waals surface area contributed by atoms with Crippen LogP contribution >= 0.6 is 0 Å². The molecule has 4 rings (SSSR count). The number of rotatable bonds is 17. The maximum Gasteiger partial charge on any atom is 0.220 e. The van der Waals surface area contributed by atoms with Gasteiger partial charge in [0, 0.05) is 37.8 Å². The Morgan fingerprint density at radius 1 is 0.405 bits per heavy atom. The van der Waals surface area contributed by atoms with Crippen LogP contribution in [0.15, 0.2) is 121 Å². The summed E-state index contributed by atoms with van der Waals surface area (Å²) >= 11 is 0. The summed E-state index contributed by atoms with van der Waals surface area (Å²) in [5.74, 6) is 0.335. The van der Waals surface area contributed by atoms with Crippen molar-refractivity contribution in [3.05, 3.63) is 144 Å². The van der Waals surface area contributed by atoms with Gasteiger partial charge in [0.15, 0.2) is 0 Å². The number of unbranched alkanes of at least 4 members (excludes halogenated alkanes) is 5. The van der Waals surface area contributed by atoms with Crippen LogP contribution < -0.4 is 10.6 Å². The molecule has 218 valence electrons. The van der Waals surface area contributed by atoms with E-state index >= 15 is 0 Å². The Hall–Kier alpha value is -4.18. The quantitative estimate of drug-likeness (QED) is 0.129. The van der Waals surface area contributed by atoms with E-state index in [0.717, 1.165) is 51.6 Å². The number of carbonyl (C=O) groups is 2. The van der Waals surface area contributed by atoms with Crippen molar-refractivity contribution in [1.82, 2.24) is 10.6 Å².